The van der Waals surface area contributed by atoms with Crippen molar-refractivity contribution in [2.24, 2.45) is 5.92 Å². The lowest BCUT2D eigenvalue weighted by Crippen LogP contribution is -2.22. The van der Waals surface area contributed by atoms with Crippen molar-refractivity contribution in [2.75, 3.05) is 28.6 Å². The fourth-order valence-corrected chi connectivity index (χ4v) is 4.90. The molecule has 1 aliphatic heterocycles. The van der Waals surface area contributed by atoms with E-state index in [1.807, 2.05) is 43.5 Å². The summed E-state index contributed by atoms with van der Waals surface area (Å²) in [5.74, 6) is 1.73. The summed E-state index contributed by atoms with van der Waals surface area (Å²) in [4.78, 5) is 29.9. The molecule has 1 saturated carbocycles. The van der Waals surface area contributed by atoms with E-state index in [1.54, 1.807) is 11.3 Å². The molecule has 0 radical (unpaired) electrons. The molecule has 2 fully saturated rings. The lowest BCUT2D eigenvalue weighted by molar-refractivity contribution is -0.117. The second kappa shape index (κ2) is 9.05. The van der Waals surface area contributed by atoms with Gasteiger partial charge in [-0.3, -0.25) is 4.79 Å². The number of β-amino-alcohol motifs (C(OH)–C–C–N with tert-alkyl or cyclic N) is 1. The molecule has 1 aromatic carbocycles. The molecule has 10 heteroatoms. The van der Waals surface area contributed by atoms with Crippen molar-refractivity contribution >= 4 is 51.5 Å². The second-order valence-corrected chi connectivity index (χ2v) is 10.3. The third kappa shape index (κ3) is 5.20. The van der Waals surface area contributed by atoms with E-state index < -0.39 is 0 Å². The number of nitrogens with zero attached hydrogens (tertiary/aromatic N) is 4. The van der Waals surface area contributed by atoms with Gasteiger partial charge in [0, 0.05) is 46.7 Å². The molecule has 166 valence electrons. The molecule has 0 bridgehead atoms. The van der Waals surface area contributed by atoms with E-state index in [0.29, 0.717) is 17.5 Å². The highest BCUT2D eigenvalue weighted by atomic mass is 32.2. The van der Waals surface area contributed by atoms with E-state index in [-0.39, 0.29) is 17.9 Å². The van der Waals surface area contributed by atoms with E-state index in [4.69, 9.17) is 4.98 Å². The molecule has 3 N–H and O–H groups in total. The number of aryl methyl sites for hydroxylation is 1. The van der Waals surface area contributed by atoms with Crippen molar-refractivity contribution in [1.29, 1.82) is 0 Å². The summed E-state index contributed by atoms with van der Waals surface area (Å²) in [6.45, 7) is 3.33. The lowest BCUT2D eigenvalue weighted by Gasteiger charge is -2.18. The van der Waals surface area contributed by atoms with Crippen LogP contribution >= 0.6 is 23.1 Å². The molecule has 8 nitrogen and oxygen atoms in total. The Morgan fingerprint density at radius 2 is 2.03 bits per heavy atom. The maximum absolute atomic E-state index is 12.0. The summed E-state index contributed by atoms with van der Waals surface area (Å²) in [6, 6.07) is 9.62. The van der Waals surface area contributed by atoms with Crippen molar-refractivity contribution < 1.29 is 9.90 Å². The Morgan fingerprint density at radius 1 is 1.22 bits per heavy atom. The number of aliphatic hydroxyl groups is 1. The van der Waals surface area contributed by atoms with Crippen LogP contribution in [-0.4, -0.2) is 45.2 Å². The molecule has 2 aromatic heterocycles. The van der Waals surface area contributed by atoms with Gasteiger partial charge in [-0.1, -0.05) is 0 Å². The number of rotatable bonds is 7. The van der Waals surface area contributed by atoms with Crippen molar-refractivity contribution in [3.05, 3.63) is 41.4 Å². The molecule has 2 aliphatic rings. The number of anilines is 4. The predicted octanol–water partition coefficient (Wildman–Crippen LogP) is 4.06. The summed E-state index contributed by atoms with van der Waals surface area (Å²) in [5.41, 5.74) is 0.800. The number of aromatic nitrogens is 3. The Kier molecular flexibility index (Phi) is 5.99. The van der Waals surface area contributed by atoms with Crippen LogP contribution in [0, 0.1) is 12.8 Å². The highest BCUT2D eigenvalue weighted by Crippen LogP contribution is 2.33. The molecular weight excluding hydrogens is 444 g/mol. The largest absolute Gasteiger partial charge is 0.391 e. The highest BCUT2D eigenvalue weighted by molar-refractivity contribution is 7.99. The number of hydrogen-bond donors (Lipinski definition) is 3. The van der Waals surface area contributed by atoms with Crippen LogP contribution in [0.5, 0.6) is 0 Å². The number of amides is 1. The normalized spacial score (nSPS) is 18.1. The predicted molar refractivity (Wildman–Crippen MR) is 127 cm³/mol. The van der Waals surface area contributed by atoms with Crippen LogP contribution in [0.1, 0.15) is 24.1 Å². The molecule has 3 heterocycles. The Balaban J connectivity index is 1.35. The average molecular weight is 469 g/mol. The zero-order chi connectivity index (χ0) is 22.1. The first-order chi connectivity index (χ1) is 15.5. The Morgan fingerprint density at radius 3 is 2.69 bits per heavy atom. The minimum atomic E-state index is -0.336. The van der Waals surface area contributed by atoms with Gasteiger partial charge in [-0.15, -0.1) is 11.3 Å². The summed E-state index contributed by atoms with van der Waals surface area (Å²) in [7, 11) is 0. The van der Waals surface area contributed by atoms with Crippen LogP contribution in [0.3, 0.4) is 0 Å². The van der Waals surface area contributed by atoms with E-state index >= 15 is 0 Å². The molecule has 0 spiro atoms. The van der Waals surface area contributed by atoms with Gasteiger partial charge in [0.15, 0.2) is 10.3 Å². The quantitative estimate of drug-likeness (QED) is 0.446. The number of nitrogens with one attached hydrogen (secondary N) is 2. The molecule has 1 aliphatic carbocycles. The number of benzene rings is 1. The maximum Gasteiger partial charge on any atom is 0.227 e. The number of carbonyl (C=O) groups is 1. The molecule has 0 unspecified atom stereocenters. The smallest absolute Gasteiger partial charge is 0.227 e. The molecule has 5 rings (SSSR count). The van der Waals surface area contributed by atoms with Gasteiger partial charge >= 0.3 is 0 Å². The minimum Gasteiger partial charge on any atom is -0.391 e. The van der Waals surface area contributed by atoms with Crippen LogP contribution in [0.15, 0.2) is 46.6 Å². The number of hydrogen-bond acceptors (Lipinski definition) is 9. The molecular formula is C22H24N6O2S2. The standard InChI is InChI=1S/C22H24N6O2S2/c1-13-11-23-21(31-13)25-18-10-19(28-9-8-16(29)12-28)27-22(26-18)32-17-6-4-15(5-7-17)24-20(30)14-2-3-14/h4-7,10-11,14,16,29H,2-3,8-9,12H2,1H3,(H,24,30)(H,23,25,26,27)/t16-/m0/s1. The second-order valence-electron chi connectivity index (χ2n) is 8.07. The van der Waals surface area contributed by atoms with Crippen LogP contribution in [0.4, 0.5) is 22.5 Å². The number of aliphatic hydroxyl groups excluding tert-OH is 1. The van der Waals surface area contributed by atoms with Crippen molar-refractivity contribution in [3.8, 4) is 0 Å². The zero-order valence-electron chi connectivity index (χ0n) is 17.6. The summed E-state index contributed by atoms with van der Waals surface area (Å²) >= 11 is 3.02. The summed E-state index contributed by atoms with van der Waals surface area (Å²) in [6.07, 6.45) is 4.19. The topological polar surface area (TPSA) is 103 Å². The van der Waals surface area contributed by atoms with Gasteiger partial charge in [0.05, 0.1) is 6.10 Å². The molecule has 3 aromatic rings. The Labute approximate surface area is 194 Å². The summed E-state index contributed by atoms with van der Waals surface area (Å²) in [5, 5.41) is 17.6. The third-order valence-electron chi connectivity index (χ3n) is 5.31. The van der Waals surface area contributed by atoms with Gasteiger partial charge in [0.2, 0.25) is 5.91 Å². The van der Waals surface area contributed by atoms with Crippen LogP contribution in [0.2, 0.25) is 0 Å². The van der Waals surface area contributed by atoms with Gasteiger partial charge in [0.25, 0.3) is 0 Å². The average Bonchev–Trinajstić information content (AvgIpc) is 3.42. The van der Waals surface area contributed by atoms with Crippen molar-refractivity contribution in [2.45, 2.75) is 42.3 Å². The lowest BCUT2D eigenvalue weighted by atomic mass is 10.3. The van der Waals surface area contributed by atoms with Gasteiger partial charge < -0.3 is 20.6 Å². The van der Waals surface area contributed by atoms with Crippen LogP contribution < -0.4 is 15.5 Å². The fraction of sp³-hybridized carbons (Fsp3) is 0.364. The molecule has 1 saturated heterocycles. The monoisotopic (exact) mass is 468 g/mol. The van der Waals surface area contributed by atoms with Gasteiger partial charge in [0.1, 0.15) is 11.6 Å². The van der Waals surface area contributed by atoms with Crippen molar-refractivity contribution in [3.63, 3.8) is 0 Å². The van der Waals surface area contributed by atoms with Gasteiger partial charge in [-0.05, 0) is 62.2 Å². The van der Waals surface area contributed by atoms with E-state index in [9.17, 15) is 9.90 Å². The summed E-state index contributed by atoms with van der Waals surface area (Å²) < 4.78 is 0. The SMILES string of the molecule is Cc1cnc(Nc2cc(N3CC[C@H](O)C3)nc(Sc3ccc(NC(=O)C4CC4)cc3)n2)s1. The van der Waals surface area contributed by atoms with E-state index in [0.717, 1.165) is 52.2 Å². The van der Waals surface area contributed by atoms with Crippen LogP contribution in [-0.2, 0) is 4.79 Å². The first kappa shape index (κ1) is 21.2. The fourth-order valence-electron chi connectivity index (χ4n) is 3.46. The maximum atomic E-state index is 12.0. The Bertz CT molecular complexity index is 1120. The minimum absolute atomic E-state index is 0.0994. The van der Waals surface area contributed by atoms with Crippen LogP contribution in [0.25, 0.3) is 0 Å². The first-order valence-electron chi connectivity index (χ1n) is 10.6. The molecule has 1 atom stereocenters. The highest BCUT2D eigenvalue weighted by Gasteiger charge is 2.29. The van der Waals surface area contributed by atoms with E-state index in [2.05, 4.69) is 25.5 Å². The van der Waals surface area contributed by atoms with E-state index in [1.165, 1.54) is 11.8 Å². The molecule has 1 amide bonds. The van der Waals surface area contributed by atoms with Crippen molar-refractivity contribution in [1.82, 2.24) is 15.0 Å². The zero-order valence-corrected chi connectivity index (χ0v) is 19.2. The third-order valence-corrected chi connectivity index (χ3v) is 7.02. The number of carbonyl (C=O) groups excluding carboxylic acids is 1. The number of thiazole rings is 1. The van der Waals surface area contributed by atoms with Gasteiger partial charge in [-0.2, -0.15) is 0 Å². The van der Waals surface area contributed by atoms with Gasteiger partial charge in [-0.25, -0.2) is 15.0 Å². The Hall–Kier alpha value is -2.69. The molecule has 32 heavy (non-hydrogen) atoms. The first-order valence-corrected chi connectivity index (χ1v) is 12.3.